The highest BCUT2D eigenvalue weighted by Crippen LogP contribution is 2.41. The van der Waals surface area contributed by atoms with Crippen molar-refractivity contribution in [2.75, 3.05) is 19.0 Å². The average Bonchev–Trinajstić information content (AvgIpc) is 3.72. The Bertz CT molecular complexity index is 1540. The quantitative estimate of drug-likeness (QED) is 0.310. The molecule has 1 unspecified atom stereocenters. The summed E-state index contributed by atoms with van der Waals surface area (Å²) in [6, 6.07) is 21.3. The molecule has 4 aromatic rings. The van der Waals surface area contributed by atoms with E-state index in [1.165, 1.54) is 11.8 Å². The number of aryl methyl sites for hydroxylation is 1. The largest absolute Gasteiger partial charge is 0.497 e. The SMILES string of the molecule is COc1ccc(NC(=O)c2coc(COc3ccc4c(c3)C(c3cccc(C)c3)N(C(=O)C3CC3)CC4)n2)cc1. The van der Waals surface area contributed by atoms with Crippen molar-refractivity contribution in [3.05, 3.63) is 107 Å². The first kappa shape index (κ1) is 25.7. The Morgan fingerprint density at radius 1 is 1.05 bits per heavy atom. The number of methoxy groups -OCH3 is 1. The number of amides is 2. The first-order chi connectivity index (χ1) is 19.5. The molecular formula is C32H31N3O5. The number of fused-ring (bicyclic) bond motifs is 1. The molecule has 1 aliphatic carbocycles. The summed E-state index contributed by atoms with van der Waals surface area (Å²) >= 11 is 0. The highest BCUT2D eigenvalue weighted by Gasteiger charge is 2.39. The van der Waals surface area contributed by atoms with Crippen LogP contribution in [0.5, 0.6) is 11.5 Å². The zero-order valence-electron chi connectivity index (χ0n) is 22.6. The van der Waals surface area contributed by atoms with Crippen LogP contribution in [0.2, 0.25) is 0 Å². The van der Waals surface area contributed by atoms with Crippen LogP contribution in [-0.2, 0) is 17.8 Å². The summed E-state index contributed by atoms with van der Waals surface area (Å²) in [4.78, 5) is 32.2. The molecule has 40 heavy (non-hydrogen) atoms. The van der Waals surface area contributed by atoms with Gasteiger partial charge in [-0.3, -0.25) is 9.59 Å². The second-order valence-corrected chi connectivity index (χ2v) is 10.3. The molecule has 0 radical (unpaired) electrons. The van der Waals surface area contributed by atoms with Gasteiger partial charge in [-0.15, -0.1) is 0 Å². The van der Waals surface area contributed by atoms with Crippen molar-refractivity contribution in [3.63, 3.8) is 0 Å². The van der Waals surface area contributed by atoms with Crippen LogP contribution >= 0.6 is 0 Å². The van der Waals surface area contributed by atoms with Gasteiger partial charge in [0, 0.05) is 18.2 Å². The summed E-state index contributed by atoms with van der Waals surface area (Å²) in [6.07, 6.45) is 4.08. The Morgan fingerprint density at radius 2 is 1.85 bits per heavy atom. The maximum atomic E-state index is 13.3. The van der Waals surface area contributed by atoms with Gasteiger partial charge in [-0.1, -0.05) is 35.9 Å². The van der Waals surface area contributed by atoms with Crippen LogP contribution in [0.15, 0.2) is 77.4 Å². The fraction of sp³-hybridized carbons (Fsp3) is 0.281. The monoisotopic (exact) mass is 537 g/mol. The summed E-state index contributed by atoms with van der Waals surface area (Å²) in [6.45, 7) is 2.84. The Morgan fingerprint density at radius 3 is 2.60 bits per heavy atom. The fourth-order valence-corrected chi connectivity index (χ4v) is 5.18. The van der Waals surface area contributed by atoms with Crippen molar-refractivity contribution >= 4 is 17.5 Å². The Hall–Kier alpha value is -4.59. The van der Waals surface area contributed by atoms with E-state index in [0.717, 1.165) is 36.0 Å². The fourth-order valence-electron chi connectivity index (χ4n) is 5.18. The second kappa shape index (κ2) is 10.9. The number of oxazole rings is 1. The van der Waals surface area contributed by atoms with Crippen LogP contribution in [0.4, 0.5) is 5.69 Å². The molecule has 1 aliphatic heterocycles. The number of nitrogens with one attached hydrogen (secondary N) is 1. The Balaban J connectivity index is 1.18. The van der Waals surface area contributed by atoms with Crippen molar-refractivity contribution in [3.8, 4) is 11.5 Å². The predicted octanol–water partition coefficient (Wildman–Crippen LogP) is 5.71. The van der Waals surface area contributed by atoms with E-state index in [1.807, 2.05) is 23.1 Å². The van der Waals surface area contributed by atoms with Crippen LogP contribution in [0.25, 0.3) is 0 Å². The summed E-state index contributed by atoms with van der Waals surface area (Å²) in [5.41, 5.74) is 5.34. The third kappa shape index (κ3) is 5.43. The molecule has 2 heterocycles. The van der Waals surface area contributed by atoms with Crippen molar-refractivity contribution in [2.45, 2.75) is 38.8 Å². The van der Waals surface area contributed by atoms with Crippen molar-refractivity contribution in [2.24, 2.45) is 5.92 Å². The molecular weight excluding hydrogens is 506 g/mol. The standard InChI is InChI=1S/C32H31N3O5/c1-20-4-3-5-23(16-20)30-27-17-26(11-8-21(27)14-15-35(30)32(37)22-6-7-22)39-19-29-34-28(18-40-29)31(36)33-24-9-12-25(38-2)13-10-24/h3-5,8-13,16-18,22,30H,6-7,14-15,19H2,1-2H3,(H,33,36). The van der Waals surface area contributed by atoms with Crippen molar-refractivity contribution < 1.29 is 23.5 Å². The van der Waals surface area contributed by atoms with Gasteiger partial charge in [0.25, 0.3) is 5.91 Å². The number of anilines is 1. The maximum Gasteiger partial charge on any atom is 0.277 e. The van der Waals surface area contributed by atoms with E-state index in [1.54, 1.807) is 31.4 Å². The maximum absolute atomic E-state index is 13.3. The third-order valence-corrected chi connectivity index (χ3v) is 7.41. The van der Waals surface area contributed by atoms with Crippen LogP contribution in [0.1, 0.15) is 57.5 Å². The smallest absolute Gasteiger partial charge is 0.277 e. The van der Waals surface area contributed by atoms with Crippen LogP contribution in [-0.4, -0.2) is 35.4 Å². The summed E-state index contributed by atoms with van der Waals surface area (Å²) in [5, 5.41) is 2.79. The molecule has 2 aliphatic rings. The predicted molar refractivity (Wildman–Crippen MR) is 149 cm³/mol. The number of ether oxygens (including phenoxy) is 2. The molecule has 1 N–H and O–H groups in total. The Labute approximate surface area is 232 Å². The van der Waals surface area contributed by atoms with Gasteiger partial charge < -0.3 is 24.1 Å². The minimum Gasteiger partial charge on any atom is -0.497 e. The first-order valence-electron chi connectivity index (χ1n) is 13.5. The molecule has 1 atom stereocenters. The lowest BCUT2D eigenvalue weighted by atomic mass is 9.87. The lowest BCUT2D eigenvalue weighted by Crippen LogP contribution is -2.41. The highest BCUT2D eigenvalue weighted by molar-refractivity contribution is 6.02. The number of carbonyl (C=O) groups is 2. The molecule has 0 saturated heterocycles. The van der Waals surface area contributed by atoms with Crippen LogP contribution in [0.3, 0.4) is 0 Å². The van der Waals surface area contributed by atoms with Crippen LogP contribution in [0, 0.1) is 12.8 Å². The molecule has 1 aromatic heterocycles. The number of hydrogen-bond donors (Lipinski definition) is 1. The van der Waals surface area contributed by atoms with E-state index < -0.39 is 0 Å². The number of benzene rings is 3. The molecule has 0 spiro atoms. The minimum atomic E-state index is -0.379. The summed E-state index contributed by atoms with van der Waals surface area (Å²) in [7, 11) is 1.59. The van der Waals surface area contributed by atoms with Gasteiger partial charge in [0.1, 0.15) is 17.8 Å². The number of carbonyl (C=O) groups excluding carboxylic acids is 2. The topological polar surface area (TPSA) is 93.9 Å². The van der Waals surface area contributed by atoms with Crippen molar-refractivity contribution in [1.82, 2.24) is 9.88 Å². The molecule has 2 amide bonds. The second-order valence-electron chi connectivity index (χ2n) is 10.3. The summed E-state index contributed by atoms with van der Waals surface area (Å²) < 4.78 is 16.7. The number of hydrogen-bond acceptors (Lipinski definition) is 6. The normalized spacial score (nSPS) is 16.2. The minimum absolute atomic E-state index is 0.0639. The highest BCUT2D eigenvalue weighted by atomic mass is 16.5. The van der Waals surface area contributed by atoms with E-state index >= 15 is 0 Å². The zero-order valence-corrected chi connectivity index (χ0v) is 22.6. The van der Waals surface area contributed by atoms with Gasteiger partial charge >= 0.3 is 0 Å². The molecule has 0 bridgehead atoms. The number of rotatable bonds is 8. The molecule has 1 saturated carbocycles. The molecule has 6 rings (SSSR count). The molecule has 8 heteroatoms. The summed E-state index contributed by atoms with van der Waals surface area (Å²) in [5.74, 6) is 1.65. The van der Waals surface area contributed by atoms with Gasteiger partial charge in [-0.2, -0.15) is 0 Å². The van der Waals surface area contributed by atoms with Gasteiger partial charge in [0.05, 0.1) is 13.2 Å². The lowest BCUT2D eigenvalue weighted by Gasteiger charge is -2.38. The molecule has 3 aromatic carbocycles. The van der Waals surface area contributed by atoms with Crippen LogP contribution < -0.4 is 14.8 Å². The average molecular weight is 538 g/mol. The van der Waals surface area contributed by atoms with Gasteiger partial charge in [0.15, 0.2) is 12.3 Å². The Kier molecular flexibility index (Phi) is 6.99. The van der Waals surface area contributed by atoms with Crippen molar-refractivity contribution in [1.29, 1.82) is 0 Å². The van der Waals surface area contributed by atoms with Gasteiger partial charge in [-0.05, 0) is 79.3 Å². The molecule has 8 nitrogen and oxygen atoms in total. The lowest BCUT2D eigenvalue weighted by molar-refractivity contribution is -0.134. The zero-order chi connectivity index (χ0) is 27.6. The first-order valence-corrected chi connectivity index (χ1v) is 13.5. The molecule has 1 fully saturated rings. The van der Waals surface area contributed by atoms with Gasteiger partial charge in [0.2, 0.25) is 11.8 Å². The van der Waals surface area contributed by atoms with E-state index in [9.17, 15) is 9.59 Å². The number of aromatic nitrogens is 1. The van der Waals surface area contributed by atoms with E-state index in [2.05, 4.69) is 41.5 Å². The van der Waals surface area contributed by atoms with E-state index in [-0.39, 0.29) is 36.1 Å². The van der Waals surface area contributed by atoms with Gasteiger partial charge in [-0.25, -0.2) is 4.98 Å². The van der Waals surface area contributed by atoms with E-state index in [0.29, 0.717) is 29.6 Å². The van der Waals surface area contributed by atoms with E-state index in [4.69, 9.17) is 13.9 Å². The molecule has 204 valence electrons. The number of nitrogens with zero attached hydrogens (tertiary/aromatic N) is 2. The third-order valence-electron chi connectivity index (χ3n) is 7.41.